The van der Waals surface area contributed by atoms with E-state index in [9.17, 15) is 9.90 Å². The van der Waals surface area contributed by atoms with Crippen LogP contribution in [0.15, 0.2) is 0 Å². The van der Waals surface area contributed by atoms with Crippen molar-refractivity contribution in [1.29, 1.82) is 0 Å². The first kappa shape index (κ1) is 8.47. The van der Waals surface area contributed by atoms with E-state index in [1.165, 1.54) is 0 Å². The molecule has 0 amide bonds. The van der Waals surface area contributed by atoms with Crippen LogP contribution in [0.3, 0.4) is 0 Å². The third-order valence-corrected chi connectivity index (χ3v) is 1.87. The average molecular weight is 129 g/mol. The third-order valence-electron chi connectivity index (χ3n) is 1.87. The lowest BCUT2D eigenvalue weighted by atomic mass is 9.94. The van der Waals surface area contributed by atoms with Crippen LogP contribution in [-0.2, 0) is 9.90 Å². The van der Waals surface area contributed by atoms with Gasteiger partial charge in [-0.1, -0.05) is 27.2 Å². The van der Waals surface area contributed by atoms with Crippen molar-refractivity contribution in [2.45, 2.75) is 27.2 Å². The van der Waals surface area contributed by atoms with Crippen molar-refractivity contribution in [3.05, 3.63) is 0 Å². The molecule has 0 fully saturated rings. The summed E-state index contributed by atoms with van der Waals surface area (Å²) in [5.74, 6) is -1.02. The fourth-order valence-corrected chi connectivity index (χ4v) is 0.586. The molecule has 0 rings (SSSR count). The summed E-state index contributed by atoms with van der Waals surface area (Å²) in [7, 11) is 0. The zero-order chi connectivity index (χ0) is 7.44. The number of hydrogen-bond acceptors (Lipinski definition) is 1. The van der Waals surface area contributed by atoms with E-state index in [0.29, 0.717) is 0 Å². The van der Waals surface area contributed by atoms with Crippen LogP contribution in [-0.4, -0.2) is 5.97 Å². The van der Waals surface area contributed by atoms with Crippen LogP contribution < -0.4 is 0 Å². The van der Waals surface area contributed by atoms with Gasteiger partial charge in [-0.2, -0.15) is 0 Å². The molecule has 1 radical (unpaired) electrons. The highest BCUT2D eigenvalue weighted by molar-refractivity contribution is 5.69. The SMILES string of the molecule is CCC(C)C(C)C([O])=O. The van der Waals surface area contributed by atoms with Gasteiger partial charge in [0.05, 0.1) is 5.92 Å². The molecule has 53 valence electrons. The second kappa shape index (κ2) is 3.49. The molecule has 2 nitrogen and oxygen atoms in total. The molecule has 2 atom stereocenters. The van der Waals surface area contributed by atoms with Gasteiger partial charge in [0.25, 0.3) is 0 Å². The molecule has 0 saturated carbocycles. The van der Waals surface area contributed by atoms with Crippen LogP contribution >= 0.6 is 0 Å². The van der Waals surface area contributed by atoms with Crippen LogP contribution in [0.25, 0.3) is 0 Å². The van der Waals surface area contributed by atoms with Crippen molar-refractivity contribution in [2.75, 3.05) is 0 Å². The third kappa shape index (κ3) is 2.49. The summed E-state index contributed by atoms with van der Waals surface area (Å²) in [5, 5.41) is 10.2. The monoisotopic (exact) mass is 129 g/mol. The Kier molecular flexibility index (Phi) is 3.28. The van der Waals surface area contributed by atoms with Crippen molar-refractivity contribution in [2.24, 2.45) is 11.8 Å². The minimum absolute atomic E-state index is 0.231. The first-order chi connectivity index (χ1) is 4.09. The van der Waals surface area contributed by atoms with Gasteiger partial charge in [-0.25, -0.2) is 9.90 Å². The van der Waals surface area contributed by atoms with Gasteiger partial charge in [0.2, 0.25) is 0 Å². The van der Waals surface area contributed by atoms with Gasteiger partial charge in [0.15, 0.2) is 0 Å². The van der Waals surface area contributed by atoms with Crippen molar-refractivity contribution >= 4 is 5.97 Å². The van der Waals surface area contributed by atoms with Gasteiger partial charge in [-0.3, -0.25) is 0 Å². The van der Waals surface area contributed by atoms with Gasteiger partial charge in [-0.05, 0) is 5.92 Å². The highest BCUT2D eigenvalue weighted by Gasteiger charge is 2.18. The summed E-state index contributed by atoms with van der Waals surface area (Å²) in [6.07, 6.45) is 0.898. The zero-order valence-electron chi connectivity index (χ0n) is 6.18. The second-order valence-electron chi connectivity index (χ2n) is 2.49. The van der Waals surface area contributed by atoms with Gasteiger partial charge in [0, 0.05) is 0 Å². The lowest BCUT2D eigenvalue weighted by Crippen LogP contribution is -2.16. The number of carbonyl (C=O) groups excluding carboxylic acids is 1. The fraction of sp³-hybridized carbons (Fsp3) is 0.857. The Balaban J connectivity index is 3.72. The van der Waals surface area contributed by atoms with Gasteiger partial charge in [-0.15, -0.1) is 0 Å². The van der Waals surface area contributed by atoms with Crippen LogP contribution in [0.2, 0.25) is 0 Å². The van der Waals surface area contributed by atoms with Crippen molar-refractivity contribution in [3.8, 4) is 0 Å². The van der Waals surface area contributed by atoms with E-state index in [0.717, 1.165) is 6.42 Å². The minimum Gasteiger partial charge on any atom is -0.247 e. The largest absolute Gasteiger partial charge is 0.358 e. The Labute approximate surface area is 55.9 Å². The normalized spacial score (nSPS) is 16.8. The Morgan fingerprint density at radius 2 is 1.89 bits per heavy atom. The molecule has 2 unspecified atom stereocenters. The van der Waals surface area contributed by atoms with E-state index in [1.54, 1.807) is 6.92 Å². The molecule has 2 heteroatoms. The summed E-state index contributed by atoms with van der Waals surface area (Å²) in [5.41, 5.74) is 0. The van der Waals surface area contributed by atoms with Gasteiger partial charge in [0.1, 0.15) is 0 Å². The summed E-state index contributed by atoms with van der Waals surface area (Å²) >= 11 is 0. The van der Waals surface area contributed by atoms with E-state index < -0.39 is 5.97 Å². The maximum Gasteiger partial charge on any atom is 0.358 e. The predicted molar refractivity (Wildman–Crippen MR) is 34.3 cm³/mol. The Morgan fingerprint density at radius 3 is 2.00 bits per heavy atom. The van der Waals surface area contributed by atoms with Crippen LogP contribution in [0.4, 0.5) is 0 Å². The number of rotatable bonds is 3. The Bertz CT molecular complexity index is 99.1. The maximum atomic E-state index is 10.2. The van der Waals surface area contributed by atoms with Crippen molar-refractivity contribution in [3.63, 3.8) is 0 Å². The number of carbonyl (C=O) groups is 1. The molecule has 0 spiro atoms. The smallest absolute Gasteiger partial charge is 0.247 e. The zero-order valence-corrected chi connectivity index (χ0v) is 6.18. The van der Waals surface area contributed by atoms with Crippen LogP contribution in [0, 0.1) is 11.8 Å². The minimum atomic E-state index is -0.940. The molecular formula is C7H13O2. The summed E-state index contributed by atoms with van der Waals surface area (Å²) < 4.78 is 0. The molecule has 0 bridgehead atoms. The van der Waals surface area contributed by atoms with Gasteiger partial charge >= 0.3 is 5.97 Å². The van der Waals surface area contributed by atoms with E-state index in [-0.39, 0.29) is 11.8 Å². The molecule has 9 heavy (non-hydrogen) atoms. The second-order valence-corrected chi connectivity index (χ2v) is 2.49. The molecule has 0 saturated heterocycles. The molecule has 0 aliphatic heterocycles. The molecule has 0 aromatic rings. The Hall–Kier alpha value is -0.530. The summed E-state index contributed by atoms with van der Waals surface area (Å²) in [6.45, 7) is 5.58. The highest BCUT2D eigenvalue weighted by Crippen LogP contribution is 2.13. The first-order valence-electron chi connectivity index (χ1n) is 3.30. The first-order valence-corrected chi connectivity index (χ1v) is 3.30. The molecular weight excluding hydrogens is 116 g/mol. The maximum absolute atomic E-state index is 10.2. The fourth-order valence-electron chi connectivity index (χ4n) is 0.586. The van der Waals surface area contributed by atoms with E-state index in [2.05, 4.69) is 0 Å². The lowest BCUT2D eigenvalue weighted by Gasteiger charge is -2.10. The van der Waals surface area contributed by atoms with Crippen molar-refractivity contribution in [1.82, 2.24) is 0 Å². The topological polar surface area (TPSA) is 37.0 Å². The van der Waals surface area contributed by atoms with E-state index >= 15 is 0 Å². The molecule has 0 heterocycles. The molecule has 0 aromatic carbocycles. The molecule has 0 N–H and O–H groups in total. The van der Waals surface area contributed by atoms with Crippen molar-refractivity contribution < 1.29 is 9.90 Å². The van der Waals surface area contributed by atoms with Crippen LogP contribution in [0.1, 0.15) is 27.2 Å². The van der Waals surface area contributed by atoms with E-state index in [1.807, 2.05) is 13.8 Å². The average Bonchev–Trinajstić information content (AvgIpc) is 1.84. The standard InChI is InChI=1S/C7H13O2/c1-4-5(2)6(3)7(8)9/h5-6H,4H2,1-3H3. The van der Waals surface area contributed by atoms with Crippen LogP contribution in [0.5, 0.6) is 0 Å². The lowest BCUT2D eigenvalue weighted by molar-refractivity contribution is -0.149. The highest BCUT2D eigenvalue weighted by atomic mass is 16.4. The molecule has 0 aromatic heterocycles. The van der Waals surface area contributed by atoms with E-state index in [4.69, 9.17) is 0 Å². The summed E-state index contributed by atoms with van der Waals surface area (Å²) in [4.78, 5) is 10.2. The molecule has 0 aliphatic rings. The number of hydrogen-bond donors (Lipinski definition) is 0. The Morgan fingerprint density at radius 1 is 1.44 bits per heavy atom. The molecule has 0 aliphatic carbocycles. The summed E-state index contributed by atoms with van der Waals surface area (Å²) in [6, 6.07) is 0. The predicted octanol–water partition coefficient (Wildman–Crippen LogP) is 1.63. The van der Waals surface area contributed by atoms with Gasteiger partial charge < -0.3 is 0 Å². The quantitative estimate of drug-likeness (QED) is 0.570.